The molecule has 264 valence electrons. The van der Waals surface area contributed by atoms with E-state index in [1.54, 1.807) is 0 Å². The summed E-state index contributed by atoms with van der Waals surface area (Å²) >= 11 is 0. The van der Waals surface area contributed by atoms with Crippen LogP contribution in [0.3, 0.4) is 0 Å². The van der Waals surface area contributed by atoms with Crippen molar-refractivity contribution in [2.75, 3.05) is 26.4 Å². The Kier molecular flexibility index (Phi) is 9.18. The Morgan fingerprint density at radius 2 is 1.62 bits per heavy atom. The lowest BCUT2D eigenvalue weighted by molar-refractivity contribution is -0.156. The van der Waals surface area contributed by atoms with Crippen molar-refractivity contribution in [2.24, 2.45) is 5.41 Å². The third-order valence-electron chi connectivity index (χ3n) is 11.2. The van der Waals surface area contributed by atoms with E-state index in [2.05, 4.69) is 52.7 Å². The maximum absolute atomic E-state index is 13.6. The second-order valence-electron chi connectivity index (χ2n) is 16.1. The van der Waals surface area contributed by atoms with Gasteiger partial charge >= 0.3 is 12.1 Å². The summed E-state index contributed by atoms with van der Waals surface area (Å²) in [6.07, 6.45) is -1.78. The number of hydrogen-bond acceptors (Lipinski definition) is 8. The number of esters is 1. The van der Waals surface area contributed by atoms with Crippen LogP contribution in [0.25, 0.3) is 0 Å². The van der Waals surface area contributed by atoms with E-state index in [0.717, 1.165) is 41.3 Å². The Morgan fingerprint density at radius 3 is 2.19 bits per heavy atom. The normalized spacial score (nSPS) is 25.9. The van der Waals surface area contributed by atoms with Crippen molar-refractivity contribution in [3.05, 3.63) is 57.7 Å². The Morgan fingerprint density at radius 1 is 0.979 bits per heavy atom. The first-order valence-corrected chi connectivity index (χ1v) is 20.0. The highest BCUT2D eigenvalue weighted by molar-refractivity contribution is 6.74. The fourth-order valence-corrected chi connectivity index (χ4v) is 8.93. The zero-order valence-electron chi connectivity index (χ0n) is 29.4. The summed E-state index contributed by atoms with van der Waals surface area (Å²) in [6.45, 7) is 18.8. The largest absolute Gasteiger partial charge is 0.455 e. The quantitative estimate of drug-likeness (QED) is 0.228. The number of fused-ring (bicyclic) bond motifs is 4. The van der Waals surface area contributed by atoms with E-state index >= 15 is 0 Å². The van der Waals surface area contributed by atoms with Gasteiger partial charge in [0, 0.05) is 80.4 Å². The molecule has 2 fully saturated rings. The van der Waals surface area contributed by atoms with Crippen molar-refractivity contribution in [3.8, 4) is 0 Å². The molecule has 1 aliphatic carbocycles. The minimum absolute atomic E-state index is 0.0177. The van der Waals surface area contributed by atoms with Crippen LogP contribution in [0.5, 0.6) is 0 Å². The third kappa shape index (κ3) is 6.36. The van der Waals surface area contributed by atoms with E-state index in [4.69, 9.17) is 28.4 Å². The highest BCUT2D eigenvalue weighted by Gasteiger charge is 2.56. The fourth-order valence-electron chi connectivity index (χ4n) is 7.66. The van der Waals surface area contributed by atoms with E-state index in [-0.39, 0.29) is 23.0 Å². The number of ether oxygens (including phenoxy) is 4. The number of rotatable bonds is 5. The van der Waals surface area contributed by atoms with E-state index in [0.29, 0.717) is 56.9 Å². The van der Waals surface area contributed by atoms with Crippen molar-refractivity contribution in [1.82, 2.24) is 9.97 Å². The van der Waals surface area contributed by atoms with Gasteiger partial charge in [0.05, 0.1) is 23.1 Å². The lowest BCUT2D eigenvalue weighted by Gasteiger charge is -2.48. The van der Waals surface area contributed by atoms with Crippen LogP contribution < -0.4 is 0 Å². The smallest absolute Gasteiger partial charge is 0.433 e. The number of alkyl halides is 3. The summed E-state index contributed by atoms with van der Waals surface area (Å²) in [5, 5.41) is -0.0794. The predicted molar refractivity (Wildman–Crippen MR) is 175 cm³/mol. The van der Waals surface area contributed by atoms with Gasteiger partial charge in [0.15, 0.2) is 8.32 Å². The molecule has 4 aliphatic rings. The van der Waals surface area contributed by atoms with Gasteiger partial charge in [0.25, 0.3) is 0 Å². The molecule has 8 nitrogen and oxygen atoms in total. The first kappa shape index (κ1) is 35.4. The minimum atomic E-state index is -4.56. The van der Waals surface area contributed by atoms with Crippen LogP contribution in [-0.2, 0) is 39.9 Å². The maximum Gasteiger partial charge on any atom is 0.433 e. The molecule has 6 rings (SSSR count). The molecule has 12 heteroatoms. The van der Waals surface area contributed by atoms with E-state index in [1.165, 1.54) is 19.2 Å². The molecule has 0 amide bonds. The zero-order chi connectivity index (χ0) is 34.9. The molecule has 2 saturated heterocycles. The fraction of sp³-hybridized carbons (Fsp3) is 0.694. The SMILES string of the molecule is CC(=O)O[C@H]1c2nc(C3CCOCC3)c3c(c2[C@@H](O[Si](C)(C)C(C)(C)C)CC1(C)C)C1(CCOCC1)O[C@@H]3c1ccc(C(F)(F)F)nc1. The number of hydrogen-bond donors (Lipinski definition) is 0. The van der Waals surface area contributed by atoms with Crippen molar-refractivity contribution in [2.45, 2.75) is 128 Å². The van der Waals surface area contributed by atoms with Gasteiger partial charge in [-0.3, -0.25) is 14.8 Å². The van der Waals surface area contributed by atoms with Crippen LogP contribution in [0.2, 0.25) is 18.1 Å². The average molecular weight is 691 g/mol. The predicted octanol–water partition coefficient (Wildman–Crippen LogP) is 8.61. The second kappa shape index (κ2) is 12.4. The van der Waals surface area contributed by atoms with Gasteiger partial charge in [-0.2, -0.15) is 13.2 Å². The highest BCUT2D eigenvalue weighted by Crippen LogP contribution is 2.61. The molecule has 0 bridgehead atoms. The molecule has 48 heavy (non-hydrogen) atoms. The third-order valence-corrected chi connectivity index (χ3v) is 15.7. The summed E-state index contributed by atoms with van der Waals surface area (Å²) in [4.78, 5) is 22.0. The molecule has 0 N–H and O–H groups in total. The van der Waals surface area contributed by atoms with E-state index < -0.39 is 43.4 Å². The Labute approximate surface area is 282 Å². The Bertz CT molecular complexity index is 1530. The molecular weight excluding hydrogens is 641 g/mol. The van der Waals surface area contributed by atoms with Gasteiger partial charge in [-0.05, 0) is 49.0 Å². The lowest BCUT2D eigenvalue weighted by Crippen LogP contribution is -2.46. The Hall–Kier alpha value is -2.38. The van der Waals surface area contributed by atoms with Gasteiger partial charge in [-0.1, -0.05) is 40.7 Å². The van der Waals surface area contributed by atoms with Crippen LogP contribution in [0.15, 0.2) is 18.3 Å². The zero-order valence-corrected chi connectivity index (χ0v) is 30.4. The van der Waals surface area contributed by atoms with Gasteiger partial charge in [0.1, 0.15) is 17.9 Å². The number of aromatic nitrogens is 2. The van der Waals surface area contributed by atoms with Gasteiger partial charge in [-0.25, -0.2) is 0 Å². The number of nitrogens with zero attached hydrogens (tertiary/aromatic N) is 2. The van der Waals surface area contributed by atoms with E-state index in [9.17, 15) is 18.0 Å². The summed E-state index contributed by atoms with van der Waals surface area (Å²) < 4.78 is 73.0. The summed E-state index contributed by atoms with van der Waals surface area (Å²) in [5.41, 5.74) is 2.59. The average Bonchev–Trinajstić information content (AvgIpc) is 3.32. The topological polar surface area (TPSA) is 89.0 Å². The summed E-state index contributed by atoms with van der Waals surface area (Å²) in [7, 11) is -2.36. The molecule has 0 unspecified atom stereocenters. The molecule has 3 atom stereocenters. The van der Waals surface area contributed by atoms with Gasteiger partial charge in [0.2, 0.25) is 0 Å². The highest BCUT2D eigenvalue weighted by atomic mass is 28.4. The molecule has 3 aliphatic heterocycles. The number of carbonyl (C=O) groups is 1. The van der Waals surface area contributed by atoms with Crippen molar-refractivity contribution < 1.29 is 41.3 Å². The molecule has 1 spiro atoms. The van der Waals surface area contributed by atoms with Crippen molar-refractivity contribution >= 4 is 14.3 Å². The standard InChI is InChI=1S/C36H49F3N2O6Si/c1-21(42)45-32-30-26(24(19-34(32,5)6)47-48(7,8)33(2,3)4)28-27(29(41-30)22-11-15-43-16-12-22)31(46-35(28)13-17-44-18-14-35)23-9-10-25(40-20-23)36(37,38)39/h9-10,20,22,24,31-32H,11-19H2,1-8H3/t24-,31+,32-/m0/s1. The molecule has 0 radical (unpaired) electrons. The molecule has 0 saturated carbocycles. The number of carbonyl (C=O) groups excluding carboxylic acids is 1. The lowest BCUT2D eigenvalue weighted by atomic mass is 9.68. The van der Waals surface area contributed by atoms with Crippen LogP contribution in [0, 0.1) is 5.41 Å². The van der Waals surface area contributed by atoms with Crippen molar-refractivity contribution in [1.29, 1.82) is 0 Å². The molecule has 0 aromatic carbocycles. The first-order chi connectivity index (χ1) is 22.3. The first-order valence-electron chi connectivity index (χ1n) is 17.1. The minimum Gasteiger partial charge on any atom is -0.455 e. The summed E-state index contributed by atoms with van der Waals surface area (Å²) in [6, 6.07) is 2.50. The van der Waals surface area contributed by atoms with E-state index in [1.807, 2.05) is 0 Å². The molecule has 2 aromatic rings. The number of halogens is 3. The van der Waals surface area contributed by atoms with Crippen molar-refractivity contribution in [3.63, 3.8) is 0 Å². The van der Waals surface area contributed by atoms with Crippen LogP contribution >= 0.6 is 0 Å². The Balaban J connectivity index is 1.66. The maximum atomic E-state index is 13.6. The number of pyridine rings is 2. The van der Waals surface area contributed by atoms with Crippen LogP contribution in [-0.4, -0.2) is 50.7 Å². The van der Waals surface area contributed by atoms with Gasteiger partial charge in [-0.15, -0.1) is 0 Å². The molecule has 5 heterocycles. The van der Waals surface area contributed by atoms with Gasteiger partial charge < -0.3 is 23.4 Å². The summed E-state index contributed by atoms with van der Waals surface area (Å²) in [5.74, 6) is -0.368. The molecule has 2 aromatic heterocycles. The second-order valence-corrected chi connectivity index (χ2v) is 20.9. The van der Waals surface area contributed by atoms with Crippen LogP contribution in [0.1, 0.15) is 137 Å². The molecular formula is C36H49F3N2O6Si. The monoisotopic (exact) mass is 690 g/mol. The van der Waals surface area contributed by atoms with Crippen LogP contribution in [0.4, 0.5) is 13.2 Å².